The molecule has 6 heteroatoms. The molecule has 1 aromatic rings. The number of nitrogens with two attached hydrogens (primary N) is 1. The Morgan fingerprint density at radius 1 is 1.41 bits per heavy atom. The topological polar surface area (TPSA) is 42.1 Å². The summed E-state index contributed by atoms with van der Waals surface area (Å²) < 4.78 is 37.5. The van der Waals surface area contributed by atoms with Gasteiger partial charge in [0.2, 0.25) is 0 Å². The lowest BCUT2D eigenvalue weighted by Gasteiger charge is -2.26. The molecule has 94 valence electrons. The first-order chi connectivity index (χ1) is 8.01. The minimum Gasteiger partial charge on any atom is -0.344 e. The fourth-order valence-corrected chi connectivity index (χ4v) is 1.80. The number of hydrogen-bond donors (Lipinski definition) is 1. The molecule has 0 aromatic carbocycles. The zero-order valence-corrected chi connectivity index (χ0v) is 9.24. The highest BCUT2D eigenvalue weighted by Crippen LogP contribution is 2.34. The lowest BCUT2D eigenvalue weighted by atomic mass is 10.2. The van der Waals surface area contributed by atoms with Gasteiger partial charge in [0.25, 0.3) is 0 Å². The summed E-state index contributed by atoms with van der Waals surface area (Å²) in [7, 11) is 0. The Balaban J connectivity index is 2.26. The number of halogens is 3. The van der Waals surface area contributed by atoms with Gasteiger partial charge < -0.3 is 10.6 Å². The Kier molecular flexibility index (Phi) is 3.24. The van der Waals surface area contributed by atoms with Crippen molar-refractivity contribution in [3.05, 3.63) is 23.9 Å². The second-order valence-electron chi connectivity index (χ2n) is 4.16. The zero-order valence-electron chi connectivity index (χ0n) is 9.24. The number of nitrogens with zero attached hydrogens (tertiary/aromatic N) is 2. The molecule has 0 radical (unpaired) electrons. The third-order valence-corrected chi connectivity index (χ3v) is 2.70. The van der Waals surface area contributed by atoms with Crippen molar-refractivity contribution in [1.82, 2.24) is 4.98 Å². The van der Waals surface area contributed by atoms with E-state index >= 15 is 0 Å². The van der Waals surface area contributed by atoms with Crippen molar-refractivity contribution >= 4 is 5.82 Å². The van der Waals surface area contributed by atoms with Gasteiger partial charge in [-0.2, -0.15) is 13.2 Å². The Morgan fingerprint density at radius 3 is 2.65 bits per heavy atom. The molecule has 1 heterocycles. The van der Waals surface area contributed by atoms with E-state index in [4.69, 9.17) is 5.73 Å². The molecule has 0 atom stereocenters. The van der Waals surface area contributed by atoms with Gasteiger partial charge in [-0.15, -0.1) is 0 Å². The molecule has 2 N–H and O–H groups in total. The van der Waals surface area contributed by atoms with Crippen LogP contribution in [0.1, 0.15) is 18.4 Å². The van der Waals surface area contributed by atoms with Crippen LogP contribution >= 0.6 is 0 Å². The van der Waals surface area contributed by atoms with E-state index in [0.717, 1.165) is 12.8 Å². The van der Waals surface area contributed by atoms with Gasteiger partial charge in [0.05, 0.1) is 0 Å². The van der Waals surface area contributed by atoms with E-state index in [-0.39, 0.29) is 12.6 Å². The number of alkyl halides is 3. The lowest BCUT2D eigenvalue weighted by molar-refractivity contribution is -0.120. The summed E-state index contributed by atoms with van der Waals surface area (Å²) in [5.74, 6) is 0.370. The molecule has 1 saturated carbocycles. The highest BCUT2D eigenvalue weighted by Gasteiger charge is 2.39. The normalized spacial score (nSPS) is 16.0. The van der Waals surface area contributed by atoms with Gasteiger partial charge in [-0.3, -0.25) is 0 Å². The predicted molar refractivity (Wildman–Crippen MR) is 58.6 cm³/mol. The van der Waals surface area contributed by atoms with Crippen molar-refractivity contribution in [1.29, 1.82) is 0 Å². The van der Waals surface area contributed by atoms with Crippen LogP contribution in [-0.2, 0) is 6.54 Å². The number of aromatic nitrogens is 1. The average molecular weight is 245 g/mol. The molecule has 0 unspecified atom stereocenters. The van der Waals surface area contributed by atoms with Gasteiger partial charge in [-0.05, 0) is 18.9 Å². The fraction of sp³-hybridized carbons (Fsp3) is 0.545. The van der Waals surface area contributed by atoms with E-state index in [1.54, 1.807) is 12.1 Å². The van der Waals surface area contributed by atoms with E-state index in [1.165, 1.54) is 11.1 Å². The summed E-state index contributed by atoms with van der Waals surface area (Å²) in [6, 6.07) is 3.36. The maximum Gasteiger partial charge on any atom is 0.405 e. The molecule has 3 nitrogen and oxygen atoms in total. The van der Waals surface area contributed by atoms with Gasteiger partial charge in [-0.25, -0.2) is 4.98 Å². The molecule has 0 bridgehead atoms. The van der Waals surface area contributed by atoms with Crippen LogP contribution in [0.15, 0.2) is 18.3 Å². The molecule has 0 aliphatic heterocycles. The van der Waals surface area contributed by atoms with Gasteiger partial charge >= 0.3 is 6.18 Å². The highest BCUT2D eigenvalue weighted by molar-refractivity contribution is 5.49. The molecule has 1 aliphatic rings. The van der Waals surface area contributed by atoms with Crippen LogP contribution in [0.25, 0.3) is 0 Å². The summed E-state index contributed by atoms with van der Waals surface area (Å²) in [6.07, 6.45) is -1.14. The molecular weight excluding hydrogens is 231 g/mol. The number of rotatable bonds is 4. The van der Waals surface area contributed by atoms with Crippen LogP contribution in [0.5, 0.6) is 0 Å². The second-order valence-corrected chi connectivity index (χ2v) is 4.16. The fourth-order valence-electron chi connectivity index (χ4n) is 1.80. The van der Waals surface area contributed by atoms with Crippen LogP contribution in [0, 0.1) is 0 Å². The van der Waals surface area contributed by atoms with Gasteiger partial charge in [0, 0.05) is 24.3 Å². The Bertz CT molecular complexity index is 388. The summed E-state index contributed by atoms with van der Waals surface area (Å²) in [6.45, 7) is -0.758. The molecular formula is C11H14F3N3. The smallest absolute Gasteiger partial charge is 0.344 e. The monoisotopic (exact) mass is 245 g/mol. The number of hydrogen-bond acceptors (Lipinski definition) is 3. The molecule has 0 amide bonds. The first-order valence-corrected chi connectivity index (χ1v) is 5.48. The lowest BCUT2D eigenvalue weighted by Crippen LogP contribution is -2.37. The largest absolute Gasteiger partial charge is 0.405 e. The molecule has 1 aromatic heterocycles. The van der Waals surface area contributed by atoms with Crippen molar-refractivity contribution in [2.24, 2.45) is 5.73 Å². The first-order valence-electron chi connectivity index (χ1n) is 5.48. The maximum absolute atomic E-state index is 12.5. The van der Waals surface area contributed by atoms with Gasteiger partial charge in [0.1, 0.15) is 12.4 Å². The summed E-state index contributed by atoms with van der Waals surface area (Å²) in [5, 5.41) is 0. The molecule has 0 saturated heterocycles. The predicted octanol–water partition coefficient (Wildman–Crippen LogP) is 2.07. The van der Waals surface area contributed by atoms with Crippen LogP contribution in [0.3, 0.4) is 0 Å². The van der Waals surface area contributed by atoms with Crippen LogP contribution in [-0.4, -0.2) is 23.7 Å². The summed E-state index contributed by atoms with van der Waals surface area (Å²) >= 11 is 0. The SMILES string of the molecule is NCc1cccnc1N(CC(F)(F)F)C1CC1. The standard InChI is InChI=1S/C11H14F3N3/c12-11(13,14)7-17(9-3-4-9)10-8(6-15)2-1-5-16-10/h1-2,5,9H,3-4,6-7,15H2. The minimum atomic E-state index is -4.22. The summed E-state index contributed by atoms with van der Waals surface area (Å²) in [4.78, 5) is 5.36. The Morgan fingerprint density at radius 2 is 2.12 bits per heavy atom. The third-order valence-electron chi connectivity index (χ3n) is 2.70. The number of pyridine rings is 1. The van der Waals surface area contributed by atoms with E-state index in [9.17, 15) is 13.2 Å². The number of anilines is 1. The Hall–Kier alpha value is -1.30. The van der Waals surface area contributed by atoms with Crippen LogP contribution in [0.2, 0.25) is 0 Å². The molecule has 0 spiro atoms. The molecule has 17 heavy (non-hydrogen) atoms. The second kappa shape index (κ2) is 4.52. The minimum absolute atomic E-state index is 0.0446. The Labute approximate surface area is 97.4 Å². The first kappa shape index (κ1) is 12.2. The quantitative estimate of drug-likeness (QED) is 0.883. The van der Waals surface area contributed by atoms with Crippen LogP contribution < -0.4 is 10.6 Å². The van der Waals surface area contributed by atoms with Crippen LogP contribution in [0.4, 0.5) is 19.0 Å². The molecule has 1 aliphatic carbocycles. The van der Waals surface area contributed by atoms with Crippen molar-refractivity contribution in [3.63, 3.8) is 0 Å². The van der Waals surface area contributed by atoms with Crippen molar-refractivity contribution in [2.75, 3.05) is 11.4 Å². The van der Waals surface area contributed by atoms with Gasteiger partial charge in [0.15, 0.2) is 0 Å². The van der Waals surface area contributed by atoms with Crippen molar-refractivity contribution in [2.45, 2.75) is 31.6 Å². The van der Waals surface area contributed by atoms with Crippen molar-refractivity contribution in [3.8, 4) is 0 Å². The van der Waals surface area contributed by atoms with Gasteiger partial charge in [-0.1, -0.05) is 6.07 Å². The van der Waals surface area contributed by atoms with Crippen molar-refractivity contribution < 1.29 is 13.2 Å². The summed E-state index contributed by atoms with van der Waals surface area (Å²) in [5.41, 5.74) is 6.18. The molecule has 2 rings (SSSR count). The average Bonchev–Trinajstić information content (AvgIpc) is 3.08. The highest BCUT2D eigenvalue weighted by atomic mass is 19.4. The third kappa shape index (κ3) is 3.09. The van der Waals surface area contributed by atoms with E-state index in [0.29, 0.717) is 11.4 Å². The van der Waals surface area contributed by atoms with E-state index in [2.05, 4.69) is 4.98 Å². The van der Waals surface area contributed by atoms with E-state index < -0.39 is 12.7 Å². The maximum atomic E-state index is 12.5. The molecule has 1 fully saturated rings. The van der Waals surface area contributed by atoms with E-state index in [1.807, 2.05) is 0 Å². The zero-order chi connectivity index (χ0) is 12.5.